The Morgan fingerprint density at radius 1 is 0.619 bits per heavy atom. The monoisotopic (exact) mass is 843 g/mol. The van der Waals surface area contributed by atoms with Gasteiger partial charge in [-0.3, -0.25) is 14.4 Å². The third-order valence-corrected chi connectivity index (χ3v) is 13.0. The highest BCUT2D eigenvalue weighted by molar-refractivity contribution is 6.10. The summed E-state index contributed by atoms with van der Waals surface area (Å²) in [7, 11) is 0. The molecule has 3 N–H and O–H groups in total. The van der Waals surface area contributed by atoms with Gasteiger partial charge in [-0.15, -0.1) is 0 Å². The Labute approximate surface area is 365 Å². The summed E-state index contributed by atoms with van der Waals surface area (Å²) in [6.45, 7) is 0.427. The topological polar surface area (TPSA) is 153 Å². The number of hydrogen-bond acceptors (Lipinski definition) is 8. The number of fused-ring (bicyclic) bond motifs is 1. The molecule has 1 atom stereocenters. The number of benzene rings is 5. The molecule has 10 rings (SSSR count). The first-order valence-corrected chi connectivity index (χ1v) is 21.7. The van der Waals surface area contributed by atoms with Crippen LogP contribution in [0.5, 0.6) is 0 Å². The molecule has 4 fully saturated rings. The van der Waals surface area contributed by atoms with Crippen molar-refractivity contribution >= 4 is 46.3 Å². The Kier molecular flexibility index (Phi) is 11.9. The standard InChI is InChI=1S/C52H49N3O8/c56-47(43-24-39-16-17-61-46(39)25-44(43)48(57)54-32-52-26-35-18-36(27-52)20-37(19-35)28-52)53-29-45(38-14-8-3-9-15-38)49(58)55-42-22-40(50(59)62-30-33-10-4-1-5-11-33)21-41(23-42)51(60)63-31-34-12-6-2-7-13-34/h1-17,21-25,35-37,45H,18-20,26-32H2,(H,53,56)(H,54,57)(H,55,58). The molecule has 6 aromatic rings. The second-order valence-corrected chi connectivity index (χ2v) is 17.5. The molecule has 4 aliphatic rings. The van der Waals surface area contributed by atoms with Crippen LogP contribution >= 0.6 is 0 Å². The molecule has 4 bridgehead atoms. The van der Waals surface area contributed by atoms with Gasteiger partial charge < -0.3 is 29.8 Å². The Morgan fingerprint density at radius 2 is 1.14 bits per heavy atom. The van der Waals surface area contributed by atoms with E-state index >= 15 is 0 Å². The number of carbonyl (C=O) groups excluding carboxylic acids is 5. The molecule has 0 spiro atoms. The number of carbonyl (C=O) groups is 5. The summed E-state index contributed by atoms with van der Waals surface area (Å²) in [6, 6.07) is 36.6. The molecule has 0 aliphatic heterocycles. The lowest BCUT2D eigenvalue weighted by molar-refractivity contribution is -0.117. The highest BCUT2D eigenvalue weighted by atomic mass is 16.5. The van der Waals surface area contributed by atoms with Crippen molar-refractivity contribution in [2.75, 3.05) is 18.4 Å². The van der Waals surface area contributed by atoms with Crippen LogP contribution in [-0.2, 0) is 27.5 Å². The summed E-state index contributed by atoms with van der Waals surface area (Å²) >= 11 is 0. The molecule has 1 unspecified atom stereocenters. The van der Waals surface area contributed by atoms with E-state index in [1.54, 1.807) is 42.5 Å². The third kappa shape index (κ3) is 9.57. The van der Waals surface area contributed by atoms with Crippen LogP contribution in [0.25, 0.3) is 11.0 Å². The first kappa shape index (κ1) is 41.3. The highest BCUT2D eigenvalue weighted by Gasteiger charge is 2.50. The average Bonchev–Trinajstić information content (AvgIpc) is 3.77. The summed E-state index contributed by atoms with van der Waals surface area (Å²) in [4.78, 5) is 69.4. The largest absolute Gasteiger partial charge is 0.464 e. The molecule has 0 saturated heterocycles. The lowest BCUT2D eigenvalue weighted by Crippen LogP contribution is -2.51. The quantitative estimate of drug-likeness (QED) is 0.0866. The van der Waals surface area contributed by atoms with Gasteiger partial charge in [-0.05, 0) is 115 Å². The Balaban J connectivity index is 0.936. The molecule has 320 valence electrons. The van der Waals surface area contributed by atoms with Crippen LogP contribution in [0, 0.1) is 23.2 Å². The zero-order valence-electron chi connectivity index (χ0n) is 34.8. The maximum absolute atomic E-state index is 14.3. The fraction of sp³-hybridized carbons (Fsp3) is 0.288. The number of hydrogen-bond donors (Lipinski definition) is 3. The van der Waals surface area contributed by atoms with Crippen molar-refractivity contribution in [3.63, 3.8) is 0 Å². The van der Waals surface area contributed by atoms with E-state index < -0.39 is 29.7 Å². The maximum Gasteiger partial charge on any atom is 0.338 e. The molecule has 4 saturated carbocycles. The van der Waals surface area contributed by atoms with E-state index in [0.29, 0.717) is 23.1 Å². The summed E-state index contributed by atoms with van der Waals surface area (Å²) < 4.78 is 16.8. The minimum absolute atomic E-state index is 0.00122. The second-order valence-electron chi connectivity index (χ2n) is 17.5. The van der Waals surface area contributed by atoms with E-state index in [4.69, 9.17) is 13.9 Å². The number of esters is 2. The molecule has 11 heteroatoms. The van der Waals surface area contributed by atoms with Crippen molar-refractivity contribution in [1.82, 2.24) is 10.6 Å². The van der Waals surface area contributed by atoms with Crippen molar-refractivity contribution in [2.45, 2.75) is 57.7 Å². The number of furan rings is 1. The van der Waals surface area contributed by atoms with Gasteiger partial charge in [0, 0.05) is 24.2 Å². The molecule has 1 aromatic heterocycles. The summed E-state index contributed by atoms with van der Waals surface area (Å²) in [6.07, 6.45) is 8.83. The zero-order chi connectivity index (χ0) is 43.3. The van der Waals surface area contributed by atoms with Gasteiger partial charge in [0.05, 0.1) is 34.4 Å². The fourth-order valence-electron chi connectivity index (χ4n) is 10.4. The molecule has 4 aliphatic carbocycles. The summed E-state index contributed by atoms with van der Waals surface area (Å²) in [5, 5.41) is 9.69. The second kappa shape index (κ2) is 18.1. The van der Waals surface area contributed by atoms with E-state index in [0.717, 1.165) is 48.1 Å². The van der Waals surface area contributed by atoms with E-state index in [1.165, 1.54) is 43.7 Å². The number of amides is 3. The molecular weight excluding hydrogens is 795 g/mol. The van der Waals surface area contributed by atoms with Gasteiger partial charge in [0.25, 0.3) is 11.8 Å². The molecule has 11 nitrogen and oxygen atoms in total. The molecule has 3 amide bonds. The SMILES string of the molecule is O=C(OCc1ccccc1)c1cc(NC(=O)C(CNC(=O)c2cc3ccoc3cc2C(=O)NCC23CC4CC(CC(C4)C2)C3)c2ccccc2)cc(C(=O)OCc2ccccc2)c1. The maximum atomic E-state index is 14.3. The van der Waals surface area contributed by atoms with Crippen molar-refractivity contribution in [1.29, 1.82) is 0 Å². The minimum atomic E-state index is -0.927. The van der Waals surface area contributed by atoms with Gasteiger partial charge in [-0.25, -0.2) is 9.59 Å². The van der Waals surface area contributed by atoms with E-state index in [9.17, 15) is 24.0 Å². The molecule has 5 aromatic carbocycles. The third-order valence-electron chi connectivity index (χ3n) is 13.0. The van der Waals surface area contributed by atoms with Crippen molar-refractivity contribution in [3.8, 4) is 0 Å². The van der Waals surface area contributed by atoms with Crippen LogP contribution < -0.4 is 16.0 Å². The Hall–Kier alpha value is -7.01. The van der Waals surface area contributed by atoms with Crippen molar-refractivity contribution in [2.24, 2.45) is 23.2 Å². The normalized spacial score (nSPS) is 20.1. The fourth-order valence-corrected chi connectivity index (χ4v) is 10.4. The lowest BCUT2D eigenvalue weighted by atomic mass is 9.49. The van der Waals surface area contributed by atoms with Gasteiger partial charge in [0.2, 0.25) is 5.91 Å². The van der Waals surface area contributed by atoms with Crippen molar-refractivity contribution in [3.05, 3.63) is 173 Å². The predicted octanol–water partition coefficient (Wildman–Crippen LogP) is 9.25. The van der Waals surface area contributed by atoms with Crippen molar-refractivity contribution < 1.29 is 37.9 Å². The first-order chi connectivity index (χ1) is 30.7. The number of anilines is 1. The van der Waals surface area contributed by atoms with E-state index in [1.807, 2.05) is 66.7 Å². The molecule has 1 heterocycles. The smallest absolute Gasteiger partial charge is 0.338 e. The number of nitrogens with one attached hydrogen (secondary N) is 3. The summed E-state index contributed by atoms with van der Waals surface area (Å²) in [5.74, 6) is -1.52. The lowest BCUT2D eigenvalue weighted by Gasteiger charge is -2.56. The van der Waals surface area contributed by atoms with Gasteiger partial charge >= 0.3 is 11.9 Å². The summed E-state index contributed by atoms with van der Waals surface area (Å²) in [5.41, 5.74) is 3.33. The Morgan fingerprint density at radius 3 is 1.71 bits per heavy atom. The number of rotatable bonds is 15. The highest BCUT2D eigenvalue weighted by Crippen LogP contribution is 2.59. The van der Waals surface area contributed by atoms with Gasteiger partial charge in [-0.1, -0.05) is 91.0 Å². The average molecular weight is 844 g/mol. The molecule has 63 heavy (non-hydrogen) atoms. The van der Waals surface area contributed by atoms with Gasteiger partial charge in [0.1, 0.15) is 18.8 Å². The van der Waals surface area contributed by atoms with E-state index in [-0.39, 0.29) is 59.0 Å². The van der Waals surface area contributed by atoms with Crippen LogP contribution in [0.3, 0.4) is 0 Å². The van der Waals surface area contributed by atoms with Crippen LogP contribution in [0.1, 0.15) is 103 Å². The molecular formula is C52H49N3O8. The van der Waals surface area contributed by atoms with Crippen LogP contribution in [0.15, 0.2) is 138 Å². The predicted molar refractivity (Wildman–Crippen MR) is 237 cm³/mol. The van der Waals surface area contributed by atoms with Gasteiger partial charge in [-0.2, -0.15) is 0 Å². The Bertz CT molecular complexity index is 2530. The number of ether oxygens (including phenoxy) is 2. The minimum Gasteiger partial charge on any atom is -0.464 e. The zero-order valence-corrected chi connectivity index (χ0v) is 34.8. The first-order valence-electron chi connectivity index (χ1n) is 21.7. The van der Waals surface area contributed by atoms with E-state index in [2.05, 4.69) is 16.0 Å². The van der Waals surface area contributed by atoms with Crippen LogP contribution in [0.2, 0.25) is 0 Å². The van der Waals surface area contributed by atoms with Crippen LogP contribution in [-0.4, -0.2) is 42.7 Å². The van der Waals surface area contributed by atoms with Gasteiger partial charge in [0.15, 0.2) is 0 Å². The molecule has 0 radical (unpaired) electrons. The van der Waals surface area contributed by atoms with Crippen LogP contribution in [0.4, 0.5) is 5.69 Å².